The first-order chi connectivity index (χ1) is 18.2. The second-order valence-corrected chi connectivity index (χ2v) is 9.01. The Bertz CT molecular complexity index is 1410. The summed E-state index contributed by atoms with van der Waals surface area (Å²) in [7, 11) is 0. The van der Waals surface area contributed by atoms with Crippen molar-refractivity contribution < 1.29 is 35.9 Å². The number of pyridine rings is 1. The number of carbonyl (C=O) groups excluding carboxylic acids is 1. The molecule has 190 valence electrons. The van der Waals surface area contributed by atoms with Gasteiger partial charge in [-0.1, -0.05) is 24.9 Å². The monoisotopic (exact) mass is 728 g/mol. The predicted molar refractivity (Wildman–Crippen MR) is 149 cm³/mol. The van der Waals surface area contributed by atoms with Crippen LogP contribution >= 0.6 is 0 Å². The van der Waals surface area contributed by atoms with Crippen molar-refractivity contribution in [3.63, 3.8) is 0 Å². The third-order valence-electron chi connectivity index (χ3n) is 6.29. The maximum absolute atomic E-state index is 11.8. The molecule has 0 spiro atoms. The van der Waals surface area contributed by atoms with E-state index in [0.29, 0.717) is 6.42 Å². The van der Waals surface area contributed by atoms with E-state index in [9.17, 15) is 4.79 Å². The Labute approximate surface area is 247 Å². The first kappa shape index (κ1) is 27.7. The summed E-state index contributed by atoms with van der Waals surface area (Å²) in [4.78, 5) is 22.3. The number of hydrogen-bond acceptors (Lipinski definition) is 5. The second kappa shape index (κ2) is 13.5. The number of likely N-dealkylation sites (tertiary alicyclic amines) is 1. The molecule has 1 amide bonds. The summed E-state index contributed by atoms with van der Waals surface area (Å²) in [6.45, 7) is 4.41. The summed E-state index contributed by atoms with van der Waals surface area (Å²) in [6.07, 6.45) is 12.1. The SMILES string of the molecule is Cc1[c-]ccc(NC2=CCC=Nc3ccc(NCCN4CCCC4=O)cc32)c1.[U+2].[c-]1ccn2ccnc2c1. The summed E-state index contributed by atoms with van der Waals surface area (Å²) in [6, 6.07) is 22.1. The van der Waals surface area contributed by atoms with Gasteiger partial charge in [-0.3, -0.25) is 9.79 Å². The van der Waals surface area contributed by atoms with Gasteiger partial charge in [0, 0.05) is 73.7 Å². The van der Waals surface area contributed by atoms with Crippen LogP contribution in [0.4, 0.5) is 17.1 Å². The number of carbonyl (C=O) groups is 1. The van der Waals surface area contributed by atoms with Crippen LogP contribution in [-0.2, 0) is 4.79 Å². The number of imidazole rings is 1. The average Bonchev–Trinajstić information content (AvgIpc) is 3.50. The molecular weight excluding hydrogens is 698 g/mol. The van der Waals surface area contributed by atoms with E-state index in [-0.39, 0.29) is 37.0 Å². The van der Waals surface area contributed by atoms with Gasteiger partial charge < -0.3 is 24.9 Å². The van der Waals surface area contributed by atoms with E-state index in [4.69, 9.17) is 0 Å². The fraction of sp³-hybridized carbons (Fsp3) is 0.233. The van der Waals surface area contributed by atoms with Crippen LogP contribution in [0.3, 0.4) is 0 Å². The maximum Gasteiger partial charge on any atom is 2.00 e. The van der Waals surface area contributed by atoms with Crippen molar-refractivity contribution in [2.45, 2.75) is 26.2 Å². The number of allylic oxidation sites excluding steroid dienone is 1. The largest absolute Gasteiger partial charge is 2.00 e. The third kappa shape index (κ3) is 7.15. The number of benzene rings is 2. The van der Waals surface area contributed by atoms with Gasteiger partial charge >= 0.3 is 31.1 Å². The predicted octanol–water partition coefficient (Wildman–Crippen LogP) is 5.52. The van der Waals surface area contributed by atoms with Gasteiger partial charge in [-0.2, -0.15) is 29.8 Å². The summed E-state index contributed by atoms with van der Waals surface area (Å²) in [5, 5.41) is 6.98. The molecule has 0 aliphatic carbocycles. The Morgan fingerprint density at radius 2 is 2.03 bits per heavy atom. The number of nitrogens with zero attached hydrogens (tertiary/aromatic N) is 4. The van der Waals surface area contributed by atoms with Gasteiger partial charge in [0.25, 0.3) is 0 Å². The van der Waals surface area contributed by atoms with Crippen LogP contribution in [0, 0.1) is 50.2 Å². The first-order valence-electron chi connectivity index (χ1n) is 12.6. The number of aryl methyl sites for hydroxylation is 1. The normalized spacial score (nSPS) is 14.1. The molecule has 0 bridgehead atoms. The zero-order valence-corrected chi connectivity index (χ0v) is 25.6. The van der Waals surface area contributed by atoms with E-state index in [2.05, 4.69) is 51.0 Å². The quantitative estimate of drug-likeness (QED) is 0.257. The zero-order valence-electron chi connectivity index (χ0n) is 21.4. The van der Waals surface area contributed by atoms with Crippen molar-refractivity contribution in [3.05, 3.63) is 96.5 Å². The van der Waals surface area contributed by atoms with Crippen LogP contribution in [0.5, 0.6) is 0 Å². The molecule has 2 aliphatic rings. The average molecular weight is 729 g/mol. The standard InChI is InChI=1S/C23H25N4O.C7H5N2.U/c1-17-5-2-6-19(15-17)26-22-7-3-11-25-21-10-9-18(16-20(21)22)24-12-14-27-13-4-8-23(27)28;1-2-5-9-6-4-8-7(9)3-1;/h2,6-7,9-11,15-16,24,26H,3-4,8,12-14H2,1H3;2-6H;/q2*-1;+2. The summed E-state index contributed by atoms with van der Waals surface area (Å²) in [5.41, 5.74) is 7.20. The van der Waals surface area contributed by atoms with Crippen molar-refractivity contribution in [2.24, 2.45) is 4.99 Å². The molecule has 2 aromatic carbocycles. The molecule has 0 atom stereocenters. The van der Waals surface area contributed by atoms with Crippen LogP contribution in [-0.4, -0.2) is 46.0 Å². The minimum atomic E-state index is 0. The third-order valence-corrected chi connectivity index (χ3v) is 6.29. The smallest absolute Gasteiger partial charge is 0.414 e. The van der Waals surface area contributed by atoms with Crippen LogP contribution < -0.4 is 10.6 Å². The number of fused-ring (bicyclic) bond motifs is 2. The number of rotatable bonds is 6. The molecule has 2 N–H and O–H groups in total. The first-order valence-corrected chi connectivity index (χ1v) is 12.6. The fourth-order valence-corrected chi connectivity index (χ4v) is 4.43. The Balaban J connectivity index is 0.000000282. The van der Waals surface area contributed by atoms with Crippen molar-refractivity contribution in [2.75, 3.05) is 30.3 Å². The molecule has 8 heteroatoms. The Morgan fingerprint density at radius 3 is 2.84 bits per heavy atom. The van der Waals surface area contributed by atoms with Gasteiger partial charge in [0.15, 0.2) is 0 Å². The molecule has 2 aliphatic heterocycles. The van der Waals surface area contributed by atoms with Gasteiger partial charge in [-0.15, -0.1) is 18.2 Å². The Hall–Kier alpha value is -3.34. The van der Waals surface area contributed by atoms with Gasteiger partial charge in [0.05, 0.1) is 5.69 Å². The molecule has 6 rings (SSSR count). The molecule has 1 fully saturated rings. The molecule has 0 unspecified atom stereocenters. The summed E-state index contributed by atoms with van der Waals surface area (Å²) >= 11 is 0. The van der Waals surface area contributed by atoms with Crippen molar-refractivity contribution >= 4 is 40.5 Å². The molecule has 0 radical (unpaired) electrons. The second-order valence-electron chi connectivity index (χ2n) is 9.01. The van der Waals surface area contributed by atoms with Gasteiger partial charge in [0.2, 0.25) is 5.91 Å². The molecule has 4 heterocycles. The molecule has 1 saturated heterocycles. The van der Waals surface area contributed by atoms with Crippen LogP contribution in [0.15, 0.2) is 78.2 Å². The molecular formula is C30H30N6OU. The number of hydrogen-bond donors (Lipinski definition) is 2. The minimum Gasteiger partial charge on any atom is -0.414 e. The van der Waals surface area contributed by atoms with Gasteiger partial charge in [-0.05, 0) is 24.6 Å². The Morgan fingerprint density at radius 1 is 1.11 bits per heavy atom. The van der Waals surface area contributed by atoms with Crippen molar-refractivity contribution in [3.8, 4) is 0 Å². The van der Waals surface area contributed by atoms with Gasteiger partial charge in [0.1, 0.15) is 0 Å². The number of anilines is 2. The zero-order chi connectivity index (χ0) is 25.5. The molecule has 0 saturated carbocycles. The fourth-order valence-electron chi connectivity index (χ4n) is 4.43. The number of aromatic nitrogens is 2. The minimum absolute atomic E-state index is 0. The molecule has 38 heavy (non-hydrogen) atoms. The summed E-state index contributed by atoms with van der Waals surface area (Å²) < 4.78 is 1.94. The van der Waals surface area contributed by atoms with Crippen molar-refractivity contribution in [1.29, 1.82) is 0 Å². The molecule has 2 aromatic heterocycles. The number of amides is 1. The molecule has 7 nitrogen and oxygen atoms in total. The summed E-state index contributed by atoms with van der Waals surface area (Å²) in [5.74, 6) is 0.267. The van der Waals surface area contributed by atoms with E-state index in [1.165, 1.54) is 0 Å². The van der Waals surface area contributed by atoms with E-state index >= 15 is 0 Å². The van der Waals surface area contributed by atoms with E-state index in [0.717, 1.165) is 72.0 Å². The number of nitrogens with one attached hydrogen (secondary N) is 2. The van der Waals surface area contributed by atoms with Crippen LogP contribution in [0.1, 0.15) is 30.4 Å². The van der Waals surface area contributed by atoms with Crippen LogP contribution in [0.2, 0.25) is 0 Å². The Kier molecular flexibility index (Phi) is 9.80. The molecule has 4 aromatic rings. The van der Waals surface area contributed by atoms with Crippen LogP contribution in [0.25, 0.3) is 11.3 Å². The number of aliphatic imine (C=N–C) groups is 1. The van der Waals surface area contributed by atoms with Crippen molar-refractivity contribution in [1.82, 2.24) is 14.3 Å². The topological polar surface area (TPSA) is 74.0 Å². The maximum atomic E-state index is 11.8. The van der Waals surface area contributed by atoms with E-state index in [1.807, 2.05) is 71.2 Å². The van der Waals surface area contributed by atoms with Gasteiger partial charge in [-0.25, -0.2) is 0 Å². The van der Waals surface area contributed by atoms with E-state index in [1.54, 1.807) is 6.20 Å². The van der Waals surface area contributed by atoms with E-state index < -0.39 is 0 Å².